The Morgan fingerprint density at radius 2 is 2.00 bits per heavy atom. The molecule has 2 atom stereocenters. The summed E-state index contributed by atoms with van der Waals surface area (Å²) in [5.74, 6) is -1.36. The summed E-state index contributed by atoms with van der Waals surface area (Å²) in [5, 5.41) is 9.24. The normalized spacial score (nSPS) is 22.8. The Balaban J connectivity index is 2.03. The van der Waals surface area contributed by atoms with Crippen LogP contribution in [0.1, 0.15) is 35.7 Å². The van der Waals surface area contributed by atoms with Gasteiger partial charge in [-0.2, -0.15) is 0 Å². The Bertz CT molecular complexity index is 512. The van der Waals surface area contributed by atoms with Crippen molar-refractivity contribution in [3.8, 4) is 0 Å². The van der Waals surface area contributed by atoms with Crippen LogP contribution in [0.4, 0.5) is 0 Å². The minimum Gasteiger partial charge on any atom is -0.481 e. The quantitative estimate of drug-likeness (QED) is 0.861. The molecule has 0 radical (unpaired) electrons. The molecule has 1 aliphatic heterocycles. The number of carboxylic acids is 1. The van der Waals surface area contributed by atoms with E-state index in [9.17, 15) is 14.7 Å². The van der Waals surface area contributed by atoms with Crippen LogP contribution < -0.4 is 0 Å². The van der Waals surface area contributed by atoms with Gasteiger partial charge >= 0.3 is 11.9 Å². The van der Waals surface area contributed by atoms with Crippen LogP contribution in [0.2, 0.25) is 0 Å². The Morgan fingerprint density at radius 3 is 2.57 bits per heavy atom. The molecule has 1 aromatic carbocycles. The van der Waals surface area contributed by atoms with E-state index in [2.05, 4.69) is 9.64 Å². The van der Waals surface area contributed by atoms with Gasteiger partial charge in [-0.1, -0.05) is 12.1 Å². The lowest BCUT2D eigenvalue weighted by atomic mass is 9.90. The zero-order chi connectivity index (χ0) is 15.4. The number of esters is 1. The number of aliphatic carboxylic acids is 1. The first kappa shape index (κ1) is 15.5. The first-order valence-corrected chi connectivity index (χ1v) is 7.17. The van der Waals surface area contributed by atoms with Gasteiger partial charge in [0.2, 0.25) is 0 Å². The molecule has 1 saturated heterocycles. The lowest BCUT2D eigenvalue weighted by Gasteiger charge is -2.37. The number of carbonyl (C=O) groups is 2. The average molecular weight is 291 g/mol. The number of methoxy groups -OCH3 is 1. The summed E-state index contributed by atoms with van der Waals surface area (Å²) in [4.78, 5) is 24.8. The van der Waals surface area contributed by atoms with E-state index in [1.165, 1.54) is 7.11 Å². The van der Waals surface area contributed by atoms with Crippen LogP contribution in [0.5, 0.6) is 0 Å². The molecule has 5 heteroatoms. The molecule has 21 heavy (non-hydrogen) atoms. The van der Waals surface area contributed by atoms with Gasteiger partial charge in [0.1, 0.15) is 0 Å². The van der Waals surface area contributed by atoms with Crippen LogP contribution in [0, 0.1) is 5.92 Å². The zero-order valence-electron chi connectivity index (χ0n) is 12.4. The number of hydrogen-bond acceptors (Lipinski definition) is 4. The fourth-order valence-electron chi connectivity index (χ4n) is 2.87. The minimum absolute atomic E-state index is 0.0246. The van der Waals surface area contributed by atoms with Crippen molar-refractivity contribution < 1.29 is 19.4 Å². The monoisotopic (exact) mass is 291 g/mol. The minimum atomic E-state index is -0.715. The van der Waals surface area contributed by atoms with E-state index < -0.39 is 5.97 Å². The van der Waals surface area contributed by atoms with Crippen LogP contribution in [-0.4, -0.2) is 41.6 Å². The number of hydrogen-bond donors (Lipinski definition) is 1. The van der Waals surface area contributed by atoms with Gasteiger partial charge in [-0.25, -0.2) is 4.79 Å². The van der Waals surface area contributed by atoms with Crippen molar-refractivity contribution in [1.29, 1.82) is 0 Å². The lowest BCUT2D eigenvalue weighted by molar-refractivity contribution is -0.145. The van der Waals surface area contributed by atoms with Gasteiger partial charge in [-0.05, 0) is 44.0 Å². The van der Waals surface area contributed by atoms with Crippen LogP contribution in [0.3, 0.4) is 0 Å². The molecule has 1 aliphatic rings. The maximum Gasteiger partial charge on any atom is 0.337 e. The number of nitrogens with zero attached hydrogens (tertiary/aromatic N) is 1. The summed E-state index contributed by atoms with van der Waals surface area (Å²) in [5.41, 5.74) is 1.59. The maximum atomic E-state index is 11.4. The first-order chi connectivity index (χ1) is 10.0. The lowest BCUT2D eigenvalue weighted by Crippen LogP contribution is -2.45. The SMILES string of the molecule is COC(=O)c1ccc(CN2CCC[C@H](C(=O)O)[C@@H]2C)cc1. The molecule has 0 saturated carbocycles. The highest BCUT2D eigenvalue weighted by molar-refractivity contribution is 5.89. The summed E-state index contributed by atoms with van der Waals surface area (Å²) < 4.78 is 4.67. The zero-order valence-corrected chi connectivity index (χ0v) is 12.4. The summed E-state index contributed by atoms with van der Waals surface area (Å²) in [6, 6.07) is 7.29. The molecule has 0 amide bonds. The number of rotatable bonds is 4. The summed E-state index contributed by atoms with van der Waals surface area (Å²) >= 11 is 0. The molecule has 0 bridgehead atoms. The van der Waals surface area contributed by atoms with Gasteiger partial charge in [-0.3, -0.25) is 9.69 Å². The number of piperidine rings is 1. The fraction of sp³-hybridized carbons (Fsp3) is 0.500. The number of benzene rings is 1. The number of carboxylic acid groups (broad SMARTS) is 1. The van der Waals surface area contributed by atoms with E-state index in [1.807, 2.05) is 19.1 Å². The highest BCUT2D eigenvalue weighted by Gasteiger charge is 2.32. The molecule has 114 valence electrons. The molecule has 2 rings (SSSR count). The molecule has 0 aliphatic carbocycles. The summed E-state index contributed by atoms with van der Waals surface area (Å²) in [6.45, 7) is 3.58. The van der Waals surface area contributed by atoms with E-state index in [1.54, 1.807) is 12.1 Å². The van der Waals surface area contributed by atoms with Crippen molar-refractivity contribution in [3.05, 3.63) is 35.4 Å². The fourth-order valence-corrected chi connectivity index (χ4v) is 2.87. The van der Waals surface area contributed by atoms with Crippen LogP contribution in [-0.2, 0) is 16.1 Å². The molecule has 0 aromatic heterocycles. The van der Waals surface area contributed by atoms with Gasteiger partial charge in [0.05, 0.1) is 18.6 Å². The van der Waals surface area contributed by atoms with Crippen LogP contribution in [0.25, 0.3) is 0 Å². The Morgan fingerprint density at radius 1 is 1.33 bits per heavy atom. The molecule has 1 N–H and O–H groups in total. The molecular weight excluding hydrogens is 270 g/mol. The molecule has 5 nitrogen and oxygen atoms in total. The number of ether oxygens (including phenoxy) is 1. The first-order valence-electron chi connectivity index (χ1n) is 7.17. The van der Waals surface area contributed by atoms with Crippen molar-refractivity contribution in [2.45, 2.75) is 32.4 Å². The third kappa shape index (κ3) is 3.61. The second kappa shape index (κ2) is 6.72. The summed E-state index contributed by atoms with van der Waals surface area (Å²) in [7, 11) is 1.36. The van der Waals surface area contributed by atoms with Gasteiger partial charge in [0.25, 0.3) is 0 Å². The van der Waals surface area contributed by atoms with Gasteiger partial charge in [0, 0.05) is 12.6 Å². The Kier molecular flexibility index (Phi) is 4.96. The van der Waals surface area contributed by atoms with E-state index in [4.69, 9.17) is 0 Å². The second-order valence-electron chi connectivity index (χ2n) is 5.49. The van der Waals surface area contributed by atoms with E-state index in [0.717, 1.165) is 24.9 Å². The standard InChI is InChI=1S/C16H21NO4/c1-11-14(15(18)19)4-3-9-17(11)10-12-5-7-13(8-6-12)16(20)21-2/h5-8,11,14H,3-4,9-10H2,1-2H3,(H,18,19)/t11-,14-/m0/s1. The van der Waals surface area contributed by atoms with Crippen molar-refractivity contribution in [3.63, 3.8) is 0 Å². The largest absolute Gasteiger partial charge is 0.481 e. The van der Waals surface area contributed by atoms with Crippen molar-refractivity contribution in [1.82, 2.24) is 4.90 Å². The topological polar surface area (TPSA) is 66.8 Å². The predicted molar refractivity (Wildman–Crippen MR) is 78.0 cm³/mol. The second-order valence-corrected chi connectivity index (χ2v) is 5.49. The molecule has 1 fully saturated rings. The smallest absolute Gasteiger partial charge is 0.337 e. The Hall–Kier alpha value is -1.88. The highest BCUT2D eigenvalue weighted by atomic mass is 16.5. The molecule has 0 spiro atoms. The third-order valence-electron chi connectivity index (χ3n) is 4.20. The van der Waals surface area contributed by atoms with Gasteiger partial charge in [-0.15, -0.1) is 0 Å². The van der Waals surface area contributed by atoms with Gasteiger partial charge in [0.15, 0.2) is 0 Å². The predicted octanol–water partition coefficient (Wildman–Crippen LogP) is 2.16. The molecule has 1 aromatic rings. The molecule has 1 heterocycles. The maximum absolute atomic E-state index is 11.4. The summed E-state index contributed by atoms with van der Waals surface area (Å²) in [6.07, 6.45) is 1.65. The van der Waals surface area contributed by atoms with E-state index >= 15 is 0 Å². The van der Waals surface area contributed by atoms with Crippen molar-refractivity contribution in [2.24, 2.45) is 5.92 Å². The van der Waals surface area contributed by atoms with Crippen LogP contribution in [0.15, 0.2) is 24.3 Å². The third-order valence-corrected chi connectivity index (χ3v) is 4.20. The Labute approximate surface area is 124 Å². The van der Waals surface area contributed by atoms with Crippen LogP contribution >= 0.6 is 0 Å². The van der Waals surface area contributed by atoms with Crippen molar-refractivity contribution in [2.75, 3.05) is 13.7 Å². The highest BCUT2D eigenvalue weighted by Crippen LogP contribution is 2.25. The average Bonchev–Trinajstić information content (AvgIpc) is 2.49. The number of carbonyl (C=O) groups excluding carboxylic acids is 1. The number of likely N-dealkylation sites (tertiary alicyclic amines) is 1. The van der Waals surface area contributed by atoms with E-state index in [-0.39, 0.29) is 17.9 Å². The van der Waals surface area contributed by atoms with E-state index in [0.29, 0.717) is 12.1 Å². The molecule has 0 unspecified atom stereocenters. The van der Waals surface area contributed by atoms with Crippen molar-refractivity contribution >= 4 is 11.9 Å². The van der Waals surface area contributed by atoms with Gasteiger partial charge < -0.3 is 9.84 Å². The molecular formula is C16H21NO4.